The number of nitro groups is 1. The van der Waals surface area contributed by atoms with Gasteiger partial charge in [-0.3, -0.25) is 10.1 Å². The zero-order valence-corrected chi connectivity index (χ0v) is 10.9. The predicted octanol–water partition coefficient (Wildman–Crippen LogP) is 3.87. The summed E-state index contributed by atoms with van der Waals surface area (Å²) in [7, 11) is 0. The smallest absolute Gasteiger partial charge is 0.387 e. The van der Waals surface area contributed by atoms with E-state index in [1.54, 1.807) is 18.2 Å². The third kappa shape index (κ3) is 3.89. The quantitative estimate of drug-likeness (QED) is 0.649. The lowest BCUT2D eigenvalue weighted by atomic mass is 10.3. The summed E-state index contributed by atoms with van der Waals surface area (Å²) in [5, 5.41) is 13.6. The van der Waals surface area contributed by atoms with Crippen molar-refractivity contribution in [2.75, 3.05) is 5.32 Å². The summed E-state index contributed by atoms with van der Waals surface area (Å²) in [4.78, 5) is 10.9. The third-order valence-electron chi connectivity index (χ3n) is 2.35. The van der Waals surface area contributed by atoms with Crippen LogP contribution in [0.25, 0.3) is 0 Å². The van der Waals surface area contributed by atoms with Crippen LogP contribution < -0.4 is 10.1 Å². The average molecular weight is 300 g/mol. The van der Waals surface area contributed by atoms with Crippen molar-refractivity contribution in [3.8, 4) is 5.75 Å². The fourth-order valence-corrected chi connectivity index (χ4v) is 2.29. The van der Waals surface area contributed by atoms with Gasteiger partial charge in [0.2, 0.25) is 0 Å². The maximum Gasteiger partial charge on any atom is 0.387 e. The Kier molecular flexibility index (Phi) is 4.46. The highest BCUT2D eigenvalue weighted by molar-refractivity contribution is 7.15. The molecule has 1 aromatic heterocycles. The predicted molar refractivity (Wildman–Crippen MR) is 71.4 cm³/mol. The lowest BCUT2D eigenvalue weighted by Crippen LogP contribution is -2.03. The van der Waals surface area contributed by atoms with Crippen molar-refractivity contribution in [1.82, 2.24) is 0 Å². The zero-order chi connectivity index (χ0) is 14.5. The Bertz CT molecular complexity index is 604. The zero-order valence-electron chi connectivity index (χ0n) is 10.1. The molecule has 2 aromatic rings. The molecule has 5 nitrogen and oxygen atoms in total. The van der Waals surface area contributed by atoms with E-state index in [4.69, 9.17) is 0 Å². The first-order valence-electron chi connectivity index (χ1n) is 5.56. The number of hydrogen-bond acceptors (Lipinski definition) is 5. The molecule has 0 bridgehead atoms. The molecule has 8 heteroatoms. The molecule has 0 radical (unpaired) electrons. The minimum atomic E-state index is -2.87. The molecule has 0 unspecified atom stereocenters. The third-order valence-corrected chi connectivity index (χ3v) is 3.39. The van der Waals surface area contributed by atoms with Gasteiger partial charge in [0, 0.05) is 29.2 Å². The Hall–Kier alpha value is -2.22. The average Bonchev–Trinajstić information content (AvgIpc) is 2.85. The van der Waals surface area contributed by atoms with Crippen LogP contribution in [0.4, 0.5) is 19.5 Å². The second kappa shape index (κ2) is 6.29. The van der Waals surface area contributed by atoms with Crippen LogP contribution in [0.3, 0.4) is 0 Å². The van der Waals surface area contributed by atoms with Crippen molar-refractivity contribution in [1.29, 1.82) is 0 Å². The van der Waals surface area contributed by atoms with Gasteiger partial charge in [0.25, 0.3) is 0 Å². The van der Waals surface area contributed by atoms with Gasteiger partial charge in [-0.05, 0) is 18.2 Å². The molecule has 0 aliphatic heterocycles. The number of hydrogen-bond donors (Lipinski definition) is 1. The van der Waals surface area contributed by atoms with Crippen LogP contribution in [-0.4, -0.2) is 11.5 Å². The maximum atomic E-state index is 12.1. The first-order valence-corrected chi connectivity index (χ1v) is 6.38. The molecular weight excluding hydrogens is 290 g/mol. The van der Waals surface area contributed by atoms with E-state index in [0.29, 0.717) is 12.2 Å². The summed E-state index contributed by atoms with van der Waals surface area (Å²) < 4.78 is 28.4. The van der Waals surface area contributed by atoms with Gasteiger partial charge in [-0.15, -0.1) is 0 Å². The summed E-state index contributed by atoms with van der Waals surface area (Å²) in [6, 6.07) is 9.21. The number of alkyl halides is 2. The highest BCUT2D eigenvalue weighted by Crippen LogP contribution is 2.25. The van der Waals surface area contributed by atoms with Crippen LogP contribution >= 0.6 is 11.3 Å². The molecule has 0 saturated heterocycles. The highest BCUT2D eigenvalue weighted by atomic mass is 32.1. The van der Waals surface area contributed by atoms with E-state index in [2.05, 4.69) is 10.1 Å². The Balaban J connectivity index is 1.97. The molecule has 0 atom stereocenters. The van der Waals surface area contributed by atoms with Crippen molar-refractivity contribution >= 4 is 22.0 Å². The second-order valence-corrected chi connectivity index (χ2v) is 4.90. The van der Waals surface area contributed by atoms with Gasteiger partial charge in [-0.25, -0.2) is 0 Å². The van der Waals surface area contributed by atoms with Crippen molar-refractivity contribution in [3.05, 3.63) is 51.4 Å². The molecule has 1 heterocycles. The SMILES string of the molecule is O=[N+]([O-])c1ccc(CNc2cccc(OC(F)F)c2)s1. The van der Waals surface area contributed by atoms with Gasteiger partial charge < -0.3 is 10.1 Å². The number of nitrogens with one attached hydrogen (secondary N) is 1. The monoisotopic (exact) mass is 300 g/mol. The van der Waals surface area contributed by atoms with E-state index in [1.165, 1.54) is 18.2 Å². The number of ether oxygens (including phenoxy) is 1. The molecular formula is C12H10F2N2O3S. The molecule has 0 spiro atoms. The van der Waals surface area contributed by atoms with Crippen molar-refractivity contribution in [3.63, 3.8) is 0 Å². The first-order chi connectivity index (χ1) is 9.54. The fourth-order valence-electron chi connectivity index (χ4n) is 1.53. The molecule has 0 aliphatic rings. The minimum Gasteiger partial charge on any atom is -0.435 e. The molecule has 1 N–H and O–H groups in total. The second-order valence-electron chi connectivity index (χ2n) is 3.76. The van der Waals surface area contributed by atoms with Gasteiger partial charge >= 0.3 is 11.6 Å². The van der Waals surface area contributed by atoms with Crippen LogP contribution in [0.1, 0.15) is 4.88 Å². The Morgan fingerprint density at radius 2 is 2.15 bits per heavy atom. The Labute approximate surface area is 117 Å². The molecule has 0 saturated carbocycles. The van der Waals surface area contributed by atoms with E-state index in [0.717, 1.165) is 16.2 Å². The van der Waals surface area contributed by atoms with Crippen molar-refractivity contribution in [2.45, 2.75) is 13.2 Å². The van der Waals surface area contributed by atoms with E-state index in [-0.39, 0.29) is 10.8 Å². The fraction of sp³-hybridized carbons (Fsp3) is 0.167. The number of rotatable bonds is 6. The summed E-state index contributed by atoms with van der Waals surface area (Å²) >= 11 is 1.06. The Morgan fingerprint density at radius 1 is 1.35 bits per heavy atom. The normalized spacial score (nSPS) is 10.6. The number of nitrogens with zero attached hydrogens (tertiary/aromatic N) is 1. The maximum absolute atomic E-state index is 12.1. The highest BCUT2D eigenvalue weighted by Gasteiger charge is 2.09. The van der Waals surface area contributed by atoms with E-state index in [1.807, 2.05) is 0 Å². The lowest BCUT2D eigenvalue weighted by Gasteiger charge is -2.08. The molecule has 1 aromatic carbocycles. The number of anilines is 1. The number of halogens is 2. The van der Waals surface area contributed by atoms with Crippen molar-refractivity contribution < 1.29 is 18.4 Å². The molecule has 0 aliphatic carbocycles. The van der Waals surface area contributed by atoms with Gasteiger partial charge in [0.15, 0.2) is 0 Å². The van der Waals surface area contributed by atoms with Crippen molar-refractivity contribution in [2.24, 2.45) is 0 Å². The number of benzene rings is 1. The standard InChI is InChI=1S/C12H10F2N2O3S/c13-12(14)19-9-3-1-2-8(6-9)15-7-10-4-5-11(20-10)16(17)18/h1-6,12,15H,7H2. The van der Waals surface area contributed by atoms with E-state index in [9.17, 15) is 18.9 Å². The van der Waals surface area contributed by atoms with Crippen LogP contribution in [-0.2, 0) is 6.54 Å². The summed E-state index contributed by atoms with van der Waals surface area (Å²) in [5.74, 6) is 0.0576. The Morgan fingerprint density at radius 3 is 2.80 bits per heavy atom. The summed E-state index contributed by atoms with van der Waals surface area (Å²) in [5.41, 5.74) is 0.596. The van der Waals surface area contributed by atoms with Gasteiger partial charge in [-0.1, -0.05) is 17.4 Å². The molecule has 20 heavy (non-hydrogen) atoms. The van der Waals surface area contributed by atoms with E-state index >= 15 is 0 Å². The van der Waals surface area contributed by atoms with Crippen LogP contribution in [0.2, 0.25) is 0 Å². The first kappa shape index (κ1) is 14.2. The van der Waals surface area contributed by atoms with Crippen LogP contribution in [0.5, 0.6) is 5.75 Å². The largest absolute Gasteiger partial charge is 0.435 e. The molecule has 0 fully saturated rings. The van der Waals surface area contributed by atoms with Crippen LogP contribution in [0, 0.1) is 10.1 Å². The van der Waals surface area contributed by atoms with E-state index < -0.39 is 11.5 Å². The van der Waals surface area contributed by atoms with Gasteiger partial charge in [0.05, 0.1) is 4.92 Å². The van der Waals surface area contributed by atoms with Gasteiger partial charge in [0.1, 0.15) is 5.75 Å². The lowest BCUT2D eigenvalue weighted by molar-refractivity contribution is -0.380. The topological polar surface area (TPSA) is 64.4 Å². The minimum absolute atomic E-state index is 0.0576. The molecule has 2 rings (SSSR count). The van der Waals surface area contributed by atoms with Crippen LogP contribution in [0.15, 0.2) is 36.4 Å². The van der Waals surface area contributed by atoms with Gasteiger partial charge in [-0.2, -0.15) is 8.78 Å². The number of thiophene rings is 1. The summed E-state index contributed by atoms with van der Waals surface area (Å²) in [6.45, 7) is -2.50. The summed E-state index contributed by atoms with van der Waals surface area (Å²) in [6.07, 6.45) is 0. The molecule has 0 amide bonds. The molecule has 106 valence electrons.